The Kier molecular flexibility index (Phi) is 5.53. The molecule has 1 unspecified atom stereocenters. The Morgan fingerprint density at radius 1 is 1.00 bits per heavy atom. The predicted octanol–water partition coefficient (Wildman–Crippen LogP) is 4.27. The highest BCUT2D eigenvalue weighted by atomic mass is 32.1. The molecule has 4 amide bonds. The van der Waals surface area contributed by atoms with Crippen molar-refractivity contribution < 1.29 is 14.4 Å². The maximum atomic E-state index is 13.7. The van der Waals surface area contributed by atoms with Gasteiger partial charge in [0.25, 0.3) is 5.91 Å². The van der Waals surface area contributed by atoms with Gasteiger partial charge < -0.3 is 5.32 Å². The average Bonchev–Trinajstić information content (AvgIpc) is 3.56. The topological polar surface area (TPSA) is 82.6 Å². The van der Waals surface area contributed by atoms with E-state index in [9.17, 15) is 14.4 Å². The Morgan fingerprint density at radius 2 is 1.75 bits per heavy atom. The molecule has 6 rings (SSSR count). The van der Waals surface area contributed by atoms with Crippen molar-refractivity contribution in [1.82, 2.24) is 15.2 Å². The summed E-state index contributed by atoms with van der Waals surface area (Å²) in [7, 11) is 0. The highest BCUT2D eigenvalue weighted by molar-refractivity contribution is 7.22. The van der Waals surface area contributed by atoms with Gasteiger partial charge in [0.1, 0.15) is 12.1 Å². The summed E-state index contributed by atoms with van der Waals surface area (Å²) in [4.78, 5) is 47.6. The van der Waals surface area contributed by atoms with E-state index in [1.54, 1.807) is 4.90 Å². The van der Waals surface area contributed by atoms with Gasteiger partial charge in [-0.1, -0.05) is 78.1 Å². The van der Waals surface area contributed by atoms with Crippen molar-refractivity contribution in [3.8, 4) is 0 Å². The van der Waals surface area contributed by atoms with Crippen LogP contribution in [-0.4, -0.2) is 40.8 Å². The molecule has 0 saturated carbocycles. The van der Waals surface area contributed by atoms with Crippen LogP contribution >= 0.6 is 11.3 Å². The molecule has 180 valence electrons. The number of imide groups is 1. The molecule has 7 nitrogen and oxygen atoms in total. The van der Waals surface area contributed by atoms with Crippen molar-refractivity contribution in [3.63, 3.8) is 0 Å². The Hall–Kier alpha value is -4.04. The van der Waals surface area contributed by atoms with Crippen molar-refractivity contribution >= 4 is 44.5 Å². The number of rotatable bonds is 6. The normalized spacial score (nSPS) is 18.6. The number of hydrogen-bond acceptors (Lipinski definition) is 5. The number of urea groups is 1. The van der Waals surface area contributed by atoms with Crippen molar-refractivity contribution in [2.75, 3.05) is 18.0 Å². The van der Waals surface area contributed by atoms with E-state index in [0.717, 1.165) is 31.8 Å². The minimum Gasteiger partial charge on any atom is -0.319 e. The van der Waals surface area contributed by atoms with Crippen LogP contribution in [0.5, 0.6) is 0 Å². The third-order valence-corrected chi connectivity index (χ3v) is 8.06. The van der Waals surface area contributed by atoms with Crippen LogP contribution in [0.1, 0.15) is 23.1 Å². The third-order valence-electron chi connectivity index (χ3n) is 7.00. The van der Waals surface area contributed by atoms with Gasteiger partial charge in [-0.2, -0.15) is 0 Å². The highest BCUT2D eigenvalue weighted by Gasteiger charge is 2.55. The number of aryl methyl sites for hydroxylation is 1. The molecular formula is C28H24N4O3S. The molecule has 1 spiro atoms. The first-order valence-corrected chi connectivity index (χ1v) is 12.8. The van der Waals surface area contributed by atoms with Gasteiger partial charge >= 0.3 is 6.03 Å². The van der Waals surface area contributed by atoms with Gasteiger partial charge in [0.15, 0.2) is 5.13 Å². The lowest BCUT2D eigenvalue weighted by atomic mass is 9.92. The molecule has 1 N–H and O–H groups in total. The van der Waals surface area contributed by atoms with Crippen LogP contribution in [-0.2, 0) is 28.0 Å². The van der Waals surface area contributed by atoms with Crippen molar-refractivity contribution in [1.29, 1.82) is 0 Å². The van der Waals surface area contributed by atoms with E-state index >= 15 is 0 Å². The first kappa shape index (κ1) is 22.4. The largest absolute Gasteiger partial charge is 0.325 e. The predicted molar refractivity (Wildman–Crippen MR) is 139 cm³/mol. The number of hydrogen-bond donors (Lipinski definition) is 1. The first-order chi connectivity index (χ1) is 17.5. The lowest BCUT2D eigenvalue weighted by Gasteiger charge is -2.24. The highest BCUT2D eigenvalue weighted by Crippen LogP contribution is 2.41. The van der Waals surface area contributed by atoms with Crippen LogP contribution in [0.25, 0.3) is 10.2 Å². The standard InChI is InChI=1S/C28H24N4O3S/c33-24(18-32-25(34)28(30-26(32)35)16-14-20-10-4-5-11-21(20)28)31(17-15-19-8-2-1-3-9-19)27-29-22-12-6-7-13-23(22)36-27/h1-13H,14-18H2,(H,30,35). The smallest absolute Gasteiger partial charge is 0.319 e. The number of fused-ring (bicyclic) bond motifs is 3. The number of amides is 4. The summed E-state index contributed by atoms with van der Waals surface area (Å²) < 4.78 is 0.974. The molecule has 0 radical (unpaired) electrons. The zero-order valence-corrected chi connectivity index (χ0v) is 20.3. The zero-order valence-electron chi connectivity index (χ0n) is 19.5. The number of carbonyl (C=O) groups is 3. The van der Waals surface area contributed by atoms with Gasteiger partial charge in [0.05, 0.1) is 10.2 Å². The zero-order chi connectivity index (χ0) is 24.7. The summed E-state index contributed by atoms with van der Waals surface area (Å²) >= 11 is 1.43. The molecule has 1 aliphatic heterocycles. The number of carbonyl (C=O) groups excluding carboxylic acids is 3. The van der Waals surface area contributed by atoms with E-state index < -0.39 is 11.6 Å². The number of thiazole rings is 1. The lowest BCUT2D eigenvalue weighted by molar-refractivity contribution is -0.134. The van der Waals surface area contributed by atoms with E-state index in [4.69, 9.17) is 0 Å². The fourth-order valence-corrected chi connectivity index (χ4v) is 6.15. The fourth-order valence-electron chi connectivity index (χ4n) is 5.14. The summed E-state index contributed by atoms with van der Waals surface area (Å²) in [5, 5.41) is 3.46. The van der Waals surface area contributed by atoms with Crippen LogP contribution in [0.2, 0.25) is 0 Å². The summed E-state index contributed by atoms with van der Waals surface area (Å²) in [6, 6.07) is 24.8. The molecule has 1 aliphatic carbocycles. The van der Waals surface area contributed by atoms with Gasteiger partial charge in [0, 0.05) is 6.54 Å². The van der Waals surface area contributed by atoms with Gasteiger partial charge in [-0.15, -0.1) is 0 Å². The molecule has 1 fully saturated rings. The third kappa shape index (κ3) is 3.74. The molecule has 36 heavy (non-hydrogen) atoms. The van der Waals surface area contributed by atoms with E-state index in [0.29, 0.717) is 30.9 Å². The number of nitrogens with one attached hydrogen (secondary N) is 1. The van der Waals surface area contributed by atoms with Gasteiger partial charge in [-0.25, -0.2) is 9.78 Å². The Balaban J connectivity index is 1.28. The quantitative estimate of drug-likeness (QED) is 0.404. The lowest BCUT2D eigenvalue weighted by Crippen LogP contribution is -2.45. The molecule has 2 aliphatic rings. The number of nitrogens with zero attached hydrogens (tertiary/aromatic N) is 3. The number of aromatic nitrogens is 1. The summed E-state index contributed by atoms with van der Waals surface area (Å²) in [5.41, 5.74) is 2.70. The van der Waals surface area contributed by atoms with E-state index in [1.165, 1.54) is 11.3 Å². The first-order valence-electron chi connectivity index (χ1n) is 12.0. The number of para-hydroxylation sites is 1. The van der Waals surface area contributed by atoms with Crippen molar-refractivity contribution in [3.05, 3.63) is 95.6 Å². The number of anilines is 1. The molecule has 4 aromatic rings. The van der Waals surface area contributed by atoms with E-state index in [1.807, 2.05) is 78.9 Å². The SMILES string of the molecule is O=C1NC2(CCc3ccccc32)C(=O)N1CC(=O)N(CCc1ccccc1)c1nc2ccccc2s1. The van der Waals surface area contributed by atoms with E-state index in [2.05, 4.69) is 10.3 Å². The van der Waals surface area contributed by atoms with Gasteiger partial charge in [0.2, 0.25) is 5.91 Å². The molecule has 8 heteroatoms. The monoisotopic (exact) mass is 496 g/mol. The number of benzene rings is 3. The van der Waals surface area contributed by atoms with Crippen molar-refractivity contribution in [2.45, 2.75) is 24.8 Å². The van der Waals surface area contributed by atoms with E-state index in [-0.39, 0.29) is 18.4 Å². The molecule has 1 aromatic heterocycles. The van der Waals surface area contributed by atoms with Crippen LogP contribution in [0.3, 0.4) is 0 Å². The van der Waals surface area contributed by atoms with Gasteiger partial charge in [-0.05, 0) is 48.1 Å². The molecule has 1 saturated heterocycles. The molecule has 0 bridgehead atoms. The van der Waals surface area contributed by atoms with Crippen LogP contribution < -0.4 is 10.2 Å². The second-order valence-corrected chi connectivity index (χ2v) is 10.1. The Morgan fingerprint density at radius 3 is 2.58 bits per heavy atom. The molecule has 2 heterocycles. The Labute approximate surface area is 212 Å². The average molecular weight is 497 g/mol. The summed E-state index contributed by atoms with van der Waals surface area (Å²) in [6.07, 6.45) is 1.83. The molecule has 3 aromatic carbocycles. The fraction of sp³-hybridized carbons (Fsp3) is 0.214. The van der Waals surface area contributed by atoms with Crippen molar-refractivity contribution in [2.24, 2.45) is 0 Å². The maximum Gasteiger partial charge on any atom is 0.325 e. The minimum absolute atomic E-state index is 0.334. The minimum atomic E-state index is -1.08. The van der Waals surface area contributed by atoms with Crippen LogP contribution in [0, 0.1) is 0 Å². The molecular weight excluding hydrogens is 472 g/mol. The van der Waals surface area contributed by atoms with Gasteiger partial charge in [-0.3, -0.25) is 19.4 Å². The Bertz CT molecular complexity index is 1450. The second-order valence-electron chi connectivity index (χ2n) is 9.13. The summed E-state index contributed by atoms with van der Waals surface area (Å²) in [6.45, 7) is 0.0552. The second kappa shape index (κ2) is 8.87. The van der Waals surface area contributed by atoms with Crippen LogP contribution in [0.4, 0.5) is 9.93 Å². The maximum absolute atomic E-state index is 13.7. The molecule has 1 atom stereocenters. The summed E-state index contributed by atoms with van der Waals surface area (Å²) in [5.74, 6) is -0.699. The van der Waals surface area contributed by atoms with Crippen LogP contribution in [0.15, 0.2) is 78.9 Å².